The fraction of sp³-hybridized carbons (Fsp3) is 0.400. The molecule has 3 fully saturated rings. The van der Waals surface area contributed by atoms with Gasteiger partial charge >= 0.3 is 0 Å². The molecule has 13 heteroatoms. The molecular weight excluding hydrogens is 672 g/mol. The molecule has 3 amide bonds. The van der Waals surface area contributed by atoms with Crippen LogP contribution < -0.4 is 20.3 Å². The summed E-state index contributed by atoms with van der Waals surface area (Å²) in [6, 6.07) is 17.9. The minimum Gasteiger partial charge on any atom is -0.494 e. The molecule has 6 heterocycles. The number of rotatable bonds is 9. The fourth-order valence-electron chi connectivity index (χ4n) is 8.10. The number of ether oxygens (including phenoxy) is 1. The number of piperidine rings is 3. The smallest absolute Gasteiger partial charge is 0.255 e. The van der Waals surface area contributed by atoms with E-state index in [0.29, 0.717) is 54.8 Å². The number of imide groups is 1. The second-order valence-corrected chi connectivity index (χ2v) is 14.6. The van der Waals surface area contributed by atoms with Gasteiger partial charge in [0.25, 0.3) is 5.91 Å². The van der Waals surface area contributed by atoms with Gasteiger partial charge in [0.15, 0.2) is 5.75 Å². The molecule has 2 aromatic carbocycles. The Morgan fingerprint density at radius 2 is 1.66 bits per heavy atom. The van der Waals surface area contributed by atoms with Crippen molar-refractivity contribution in [3.8, 4) is 5.75 Å². The minimum absolute atomic E-state index is 0.200. The Labute approximate surface area is 308 Å². The number of carbonyl (C=O) groups is 3. The zero-order valence-corrected chi connectivity index (χ0v) is 29.8. The van der Waals surface area contributed by atoms with Crippen molar-refractivity contribution in [2.45, 2.75) is 69.2 Å². The lowest BCUT2D eigenvalue weighted by Gasteiger charge is -2.39. The molecule has 1 unspecified atom stereocenters. The maximum Gasteiger partial charge on any atom is 0.255 e. The van der Waals surface area contributed by atoms with Gasteiger partial charge in [0, 0.05) is 63.1 Å². The van der Waals surface area contributed by atoms with Gasteiger partial charge in [-0.05, 0) is 84.5 Å². The lowest BCUT2D eigenvalue weighted by Crippen LogP contribution is -2.52. The molecule has 0 aliphatic carbocycles. The number of benzene rings is 2. The first-order chi connectivity index (χ1) is 25.7. The lowest BCUT2D eigenvalue weighted by atomic mass is 9.83. The summed E-state index contributed by atoms with van der Waals surface area (Å²) in [4.78, 5) is 56.7. The third-order valence-electron chi connectivity index (χ3n) is 11.3. The number of hydrogen-bond acceptors (Lipinski definition) is 11. The molecule has 3 N–H and O–H groups in total. The van der Waals surface area contributed by atoms with Crippen molar-refractivity contribution in [1.82, 2.24) is 30.1 Å². The number of methoxy groups -OCH3 is 1. The van der Waals surface area contributed by atoms with Crippen LogP contribution in [0.25, 0.3) is 0 Å². The van der Waals surface area contributed by atoms with E-state index < -0.39 is 17.6 Å². The summed E-state index contributed by atoms with van der Waals surface area (Å²) in [6.45, 7) is 4.61. The van der Waals surface area contributed by atoms with Gasteiger partial charge in [0.1, 0.15) is 11.9 Å². The van der Waals surface area contributed by atoms with Gasteiger partial charge in [-0.3, -0.25) is 24.6 Å². The van der Waals surface area contributed by atoms with Gasteiger partial charge < -0.3 is 25.0 Å². The number of nitrogens with one attached hydrogen (secondary N) is 2. The first-order valence-corrected chi connectivity index (χ1v) is 18.4. The predicted octanol–water partition coefficient (Wildman–Crippen LogP) is 4.25. The number of amides is 3. The zero-order valence-electron chi connectivity index (χ0n) is 29.8. The van der Waals surface area contributed by atoms with Crippen LogP contribution >= 0.6 is 0 Å². The van der Waals surface area contributed by atoms with Gasteiger partial charge in [-0.1, -0.05) is 30.3 Å². The van der Waals surface area contributed by atoms with Crippen LogP contribution in [0.15, 0.2) is 73.2 Å². The summed E-state index contributed by atoms with van der Waals surface area (Å²) in [5.41, 5.74) is 4.95. The predicted molar refractivity (Wildman–Crippen MR) is 198 cm³/mol. The molecular formula is C40H44N8O5. The molecule has 0 bridgehead atoms. The van der Waals surface area contributed by atoms with Gasteiger partial charge in [0.2, 0.25) is 17.8 Å². The Morgan fingerprint density at radius 1 is 0.906 bits per heavy atom. The molecule has 274 valence electrons. The third kappa shape index (κ3) is 7.31. The number of carbonyl (C=O) groups excluding carboxylic acids is 3. The molecule has 2 aromatic heterocycles. The molecule has 0 spiro atoms. The number of hydrogen-bond donors (Lipinski definition) is 3. The Morgan fingerprint density at radius 3 is 2.34 bits per heavy atom. The van der Waals surface area contributed by atoms with Crippen molar-refractivity contribution in [1.29, 1.82) is 0 Å². The molecule has 53 heavy (non-hydrogen) atoms. The summed E-state index contributed by atoms with van der Waals surface area (Å²) in [6.07, 6.45) is 9.05. The van der Waals surface area contributed by atoms with E-state index in [9.17, 15) is 19.5 Å². The second kappa shape index (κ2) is 14.6. The molecule has 8 rings (SSSR count). The topological polar surface area (TPSA) is 153 Å². The van der Waals surface area contributed by atoms with E-state index in [4.69, 9.17) is 4.74 Å². The molecule has 4 aliphatic heterocycles. The van der Waals surface area contributed by atoms with Crippen LogP contribution in [0.3, 0.4) is 0 Å². The van der Waals surface area contributed by atoms with Gasteiger partial charge in [-0.25, -0.2) is 15.0 Å². The quantitative estimate of drug-likeness (QED) is 0.213. The summed E-state index contributed by atoms with van der Waals surface area (Å²) in [5.74, 6) is 1.33. The van der Waals surface area contributed by atoms with E-state index >= 15 is 0 Å². The van der Waals surface area contributed by atoms with E-state index in [-0.39, 0.29) is 18.2 Å². The van der Waals surface area contributed by atoms with Crippen molar-refractivity contribution >= 4 is 35.2 Å². The highest BCUT2D eigenvalue weighted by molar-refractivity contribution is 6.05. The summed E-state index contributed by atoms with van der Waals surface area (Å²) < 4.78 is 5.12. The van der Waals surface area contributed by atoms with Crippen molar-refractivity contribution in [2.24, 2.45) is 0 Å². The van der Waals surface area contributed by atoms with E-state index in [0.717, 1.165) is 56.7 Å². The number of aromatic nitrogens is 3. The monoisotopic (exact) mass is 716 g/mol. The van der Waals surface area contributed by atoms with E-state index in [1.165, 1.54) is 16.8 Å². The van der Waals surface area contributed by atoms with Crippen LogP contribution in [0, 0.1) is 0 Å². The van der Waals surface area contributed by atoms with Crippen molar-refractivity contribution in [2.75, 3.05) is 43.5 Å². The normalized spacial score (nSPS) is 20.6. The highest BCUT2D eigenvalue weighted by atomic mass is 16.5. The Kier molecular flexibility index (Phi) is 9.52. The molecule has 0 saturated carbocycles. The molecule has 4 aliphatic rings. The summed E-state index contributed by atoms with van der Waals surface area (Å²) >= 11 is 0. The fourth-order valence-corrected chi connectivity index (χ4v) is 8.10. The molecule has 4 aromatic rings. The first kappa shape index (κ1) is 34.7. The number of likely N-dealkylation sites (tertiary alicyclic amines) is 1. The van der Waals surface area contributed by atoms with Crippen molar-refractivity contribution < 1.29 is 24.2 Å². The van der Waals surface area contributed by atoms with Crippen LogP contribution in [0.4, 0.5) is 17.5 Å². The maximum absolute atomic E-state index is 13.1. The number of aliphatic hydroxyl groups is 1. The first-order valence-electron chi connectivity index (χ1n) is 18.4. The molecule has 13 nitrogen and oxygen atoms in total. The van der Waals surface area contributed by atoms with Crippen LogP contribution in [0.1, 0.15) is 77.1 Å². The largest absolute Gasteiger partial charge is 0.494 e. The van der Waals surface area contributed by atoms with Crippen LogP contribution in [0.5, 0.6) is 5.75 Å². The Hall–Kier alpha value is -5.40. The van der Waals surface area contributed by atoms with E-state index in [1.54, 1.807) is 30.5 Å². The highest BCUT2D eigenvalue weighted by Crippen LogP contribution is 2.37. The van der Waals surface area contributed by atoms with Gasteiger partial charge in [0.05, 0.1) is 25.1 Å². The second-order valence-electron chi connectivity index (χ2n) is 14.6. The van der Waals surface area contributed by atoms with Crippen molar-refractivity contribution in [3.63, 3.8) is 0 Å². The van der Waals surface area contributed by atoms with Crippen LogP contribution in [-0.4, -0.2) is 86.9 Å². The van der Waals surface area contributed by atoms with E-state index in [1.807, 2.05) is 24.4 Å². The third-order valence-corrected chi connectivity index (χ3v) is 11.3. The molecule has 3 saturated heterocycles. The zero-order chi connectivity index (χ0) is 36.5. The van der Waals surface area contributed by atoms with Crippen LogP contribution in [0.2, 0.25) is 0 Å². The summed E-state index contributed by atoms with van der Waals surface area (Å²) in [7, 11) is 1.58. The SMILES string of the molecule is COc1cnc(Nc2ccc(C3CCN(c4ccc(CN5CCC(O)(c6ccc7c(c6)CN(C6CCC(=O)NC6=O)C7=O)CC5)cc4)CC3)cn2)nc1. The maximum atomic E-state index is 13.1. The lowest BCUT2D eigenvalue weighted by molar-refractivity contribution is -0.136. The standard InChI is InChI=1S/C40H44N8O5/c1-53-32-22-42-39(43-23-32)44-35-10-4-28(21-41-35)27-12-16-47(17-13-27)31-6-2-26(3-7-31)24-46-18-14-40(52,15-19-46)30-5-8-33-29(20-30)25-48(38(33)51)34-9-11-36(49)45-37(34)50/h2-8,10,20-23,27,34,52H,9,11-19,24-25H2,1H3,(H,45,49,50)(H,41,42,43,44). The highest BCUT2D eigenvalue weighted by Gasteiger charge is 2.41. The van der Waals surface area contributed by atoms with Crippen LogP contribution in [-0.2, 0) is 28.3 Å². The molecule has 0 radical (unpaired) electrons. The van der Waals surface area contributed by atoms with Gasteiger partial charge in [-0.15, -0.1) is 0 Å². The number of pyridine rings is 1. The number of anilines is 3. The van der Waals surface area contributed by atoms with Gasteiger partial charge in [-0.2, -0.15) is 0 Å². The van der Waals surface area contributed by atoms with E-state index in [2.05, 4.69) is 65.7 Å². The average Bonchev–Trinajstić information content (AvgIpc) is 3.51. The van der Waals surface area contributed by atoms with Crippen molar-refractivity contribution in [3.05, 3.63) is 101 Å². The Balaban J connectivity index is 0.805. The number of nitrogens with zero attached hydrogens (tertiary/aromatic N) is 6. The Bertz CT molecular complexity index is 1970. The number of fused-ring (bicyclic) bond motifs is 1. The molecule has 1 atom stereocenters. The summed E-state index contributed by atoms with van der Waals surface area (Å²) in [5, 5.41) is 17.2. The average molecular weight is 717 g/mol. The minimum atomic E-state index is -0.978.